The van der Waals surface area contributed by atoms with E-state index in [1.54, 1.807) is 17.8 Å². The topological polar surface area (TPSA) is 71.3 Å². The second kappa shape index (κ2) is 6.98. The van der Waals surface area contributed by atoms with Gasteiger partial charge in [0, 0.05) is 12.1 Å². The summed E-state index contributed by atoms with van der Waals surface area (Å²) in [5, 5.41) is 3.30. The lowest BCUT2D eigenvalue weighted by Gasteiger charge is -2.11. The molecule has 1 aromatic rings. The minimum absolute atomic E-state index is 0.00102. The Balaban J connectivity index is 1.90. The third-order valence-corrected chi connectivity index (χ3v) is 5.26. The molecule has 0 spiro atoms. The molecule has 5 nitrogen and oxygen atoms in total. The van der Waals surface area contributed by atoms with Crippen LogP contribution >= 0.6 is 11.8 Å². The van der Waals surface area contributed by atoms with E-state index in [1.165, 1.54) is 18.9 Å². The van der Waals surface area contributed by atoms with Gasteiger partial charge < -0.3 is 9.73 Å². The molecular formula is C13H22N2O3S2. The molecule has 1 unspecified atom stereocenters. The third kappa shape index (κ3) is 4.80. The van der Waals surface area contributed by atoms with Crippen LogP contribution in [0.1, 0.15) is 31.9 Å². The van der Waals surface area contributed by atoms with Gasteiger partial charge in [-0.3, -0.25) is 0 Å². The Labute approximate surface area is 124 Å². The van der Waals surface area contributed by atoms with E-state index in [-0.39, 0.29) is 11.1 Å². The van der Waals surface area contributed by atoms with E-state index >= 15 is 0 Å². The summed E-state index contributed by atoms with van der Waals surface area (Å²) in [6, 6.07) is 3.72. The quantitative estimate of drug-likeness (QED) is 0.728. The van der Waals surface area contributed by atoms with Crippen molar-refractivity contribution in [3.8, 4) is 0 Å². The van der Waals surface area contributed by atoms with Gasteiger partial charge in [-0.15, -0.1) is 0 Å². The summed E-state index contributed by atoms with van der Waals surface area (Å²) >= 11 is 1.70. The fraction of sp³-hybridized carbons (Fsp3) is 0.692. The van der Waals surface area contributed by atoms with Crippen LogP contribution in [0.4, 0.5) is 0 Å². The van der Waals surface area contributed by atoms with Crippen molar-refractivity contribution in [2.75, 3.05) is 12.0 Å². The SMILES string of the molecule is CSCCC(C)NS(=O)(=O)c1ccc(CNC2CC2)o1. The van der Waals surface area contributed by atoms with Crippen LogP contribution in [0.3, 0.4) is 0 Å². The van der Waals surface area contributed by atoms with Crippen molar-refractivity contribution in [2.45, 2.75) is 49.9 Å². The van der Waals surface area contributed by atoms with Crippen LogP contribution in [-0.2, 0) is 16.6 Å². The van der Waals surface area contributed by atoms with Gasteiger partial charge in [0.15, 0.2) is 0 Å². The zero-order valence-electron chi connectivity index (χ0n) is 11.9. The number of rotatable bonds is 9. The standard InChI is InChI=1S/C13H22N2O3S2/c1-10(7-8-19-2)15-20(16,17)13-6-5-12(18-13)9-14-11-3-4-11/h5-6,10-11,14-15H,3-4,7-9H2,1-2H3. The first kappa shape index (κ1) is 15.9. The first-order valence-corrected chi connectivity index (χ1v) is 9.72. The summed E-state index contributed by atoms with van der Waals surface area (Å²) in [6.45, 7) is 2.45. The fourth-order valence-corrected chi connectivity index (χ4v) is 3.62. The molecule has 1 aliphatic carbocycles. The van der Waals surface area contributed by atoms with Crippen LogP contribution in [0.15, 0.2) is 21.6 Å². The first-order chi connectivity index (χ1) is 9.51. The lowest BCUT2D eigenvalue weighted by Crippen LogP contribution is -2.32. The van der Waals surface area contributed by atoms with Gasteiger partial charge in [-0.2, -0.15) is 11.8 Å². The van der Waals surface area contributed by atoms with Gasteiger partial charge in [0.1, 0.15) is 5.76 Å². The maximum atomic E-state index is 12.1. The molecule has 0 aromatic carbocycles. The molecule has 1 fully saturated rings. The van der Waals surface area contributed by atoms with Gasteiger partial charge in [-0.1, -0.05) is 0 Å². The molecule has 1 heterocycles. The van der Waals surface area contributed by atoms with E-state index in [4.69, 9.17) is 4.42 Å². The molecule has 0 aliphatic heterocycles. The van der Waals surface area contributed by atoms with Gasteiger partial charge in [0.05, 0.1) is 6.54 Å². The molecular weight excluding hydrogens is 296 g/mol. The normalized spacial score (nSPS) is 17.3. The maximum absolute atomic E-state index is 12.1. The Morgan fingerprint density at radius 3 is 2.85 bits per heavy atom. The molecule has 2 rings (SSSR count). The summed E-state index contributed by atoms with van der Waals surface area (Å²) in [5.41, 5.74) is 0. The summed E-state index contributed by atoms with van der Waals surface area (Å²) in [5.74, 6) is 1.59. The zero-order chi connectivity index (χ0) is 14.6. The van der Waals surface area contributed by atoms with Gasteiger partial charge in [0.25, 0.3) is 10.0 Å². The molecule has 0 saturated heterocycles. The molecule has 1 aliphatic rings. The average molecular weight is 318 g/mol. The number of hydrogen-bond acceptors (Lipinski definition) is 5. The van der Waals surface area contributed by atoms with E-state index in [9.17, 15) is 8.42 Å². The second-order valence-electron chi connectivity index (χ2n) is 5.18. The van der Waals surface area contributed by atoms with Crippen LogP contribution in [0, 0.1) is 0 Å². The lowest BCUT2D eigenvalue weighted by molar-refractivity contribution is 0.397. The molecule has 2 N–H and O–H groups in total. The number of sulfonamides is 1. The van der Waals surface area contributed by atoms with Crippen molar-refractivity contribution in [1.82, 2.24) is 10.0 Å². The largest absolute Gasteiger partial charge is 0.447 e. The first-order valence-electron chi connectivity index (χ1n) is 6.84. The van der Waals surface area contributed by atoms with Crippen LogP contribution in [-0.4, -0.2) is 32.5 Å². The van der Waals surface area contributed by atoms with Crippen molar-refractivity contribution in [3.05, 3.63) is 17.9 Å². The Morgan fingerprint density at radius 2 is 2.20 bits per heavy atom. The molecule has 0 radical (unpaired) electrons. The summed E-state index contributed by atoms with van der Waals surface area (Å²) in [6.07, 6.45) is 5.20. The van der Waals surface area contributed by atoms with Crippen molar-refractivity contribution in [3.63, 3.8) is 0 Å². The molecule has 20 heavy (non-hydrogen) atoms. The van der Waals surface area contributed by atoms with Crippen LogP contribution in [0.25, 0.3) is 0 Å². The summed E-state index contributed by atoms with van der Waals surface area (Å²) in [7, 11) is -3.55. The van der Waals surface area contributed by atoms with Crippen LogP contribution in [0.5, 0.6) is 0 Å². The maximum Gasteiger partial charge on any atom is 0.274 e. The number of thioether (sulfide) groups is 1. The Bertz CT molecular complexity index is 523. The van der Waals surface area contributed by atoms with Crippen LogP contribution in [0.2, 0.25) is 0 Å². The van der Waals surface area contributed by atoms with Gasteiger partial charge in [-0.25, -0.2) is 13.1 Å². The van der Waals surface area contributed by atoms with Crippen molar-refractivity contribution < 1.29 is 12.8 Å². The van der Waals surface area contributed by atoms with Crippen molar-refractivity contribution in [2.24, 2.45) is 0 Å². The number of nitrogens with one attached hydrogen (secondary N) is 2. The Hall–Kier alpha value is -0.500. The highest BCUT2D eigenvalue weighted by atomic mass is 32.2. The molecule has 0 amide bonds. The zero-order valence-corrected chi connectivity index (χ0v) is 13.5. The van der Waals surface area contributed by atoms with Gasteiger partial charge in [-0.05, 0) is 50.3 Å². The second-order valence-corrected chi connectivity index (χ2v) is 7.81. The average Bonchev–Trinajstić information content (AvgIpc) is 3.09. The van der Waals surface area contributed by atoms with Gasteiger partial charge in [0.2, 0.25) is 5.09 Å². The van der Waals surface area contributed by atoms with E-state index in [2.05, 4.69) is 10.0 Å². The van der Waals surface area contributed by atoms with E-state index in [0.29, 0.717) is 18.3 Å². The highest BCUT2D eigenvalue weighted by Crippen LogP contribution is 2.20. The van der Waals surface area contributed by atoms with E-state index < -0.39 is 10.0 Å². The molecule has 1 aromatic heterocycles. The molecule has 7 heteroatoms. The van der Waals surface area contributed by atoms with Crippen LogP contribution < -0.4 is 10.0 Å². The van der Waals surface area contributed by atoms with Crippen molar-refractivity contribution >= 4 is 21.8 Å². The van der Waals surface area contributed by atoms with Crippen molar-refractivity contribution in [1.29, 1.82) is 0 Å². The minimum atomic E-state index is -3.55. The predicted molar refractivity (Wildman–Crippen MR) is 81.4 cm³/mol. The highest BCUT2D eigenvalue weighted by Gasteiger charge is 2.23. The monoisotopic (exact) mass is 318 g/mol. The Morgan fingerprint density at radius 1 is 1.45 bits per heavy atom. The number of hydrogen-bond donors (Lipinski definition) is 2. The third-order valence-electron chi connectivity index (χ3n) is 3.16. The fourth-order valence-electron chi connectivity index (χ4n) is 1.81. The molecule has 114 valence electrons. The summed E-state index contributed by atoms with van der Waals surface area (Å²) in [4.78, 5) is 0. The predicted octanol–water partition coefficient (Wildman–Crippen LogP) is 1.95. The molecule has 1 atom stereocenters. The van der Waals surface area contributed by atoms with E-state index in [0.717, 1.165) is 12.2 Å². The smallest absolute Gasteiger partial charge is 0.274 e. The Kier molecular flexibility index (Phi) is 5.54. The highest BCUT2D eigenvalue weighted by molar-refractivity contribution is 7.98. The lowest BCUT2D eigenvalue weighted by atomic mass is 10.3. The van der Waals surface area contributed by atoms with E-state index in [1.807, 2.05) is 13.2 Å². The molecule has 0 bridgehead atoms. The van der Waals surface area contributed by atoms with Gasteiger partial charge >= 0.3 is 0 Å². The number of furan rings is 1. The molecule has 1 saturated carbocycles. The summed E-state index contributed by atoms with van der Waals surface area (Å²) < 4.78 is 32.3. The minimum Gasteiger partial charge on any atom is -0.447 e.